The Morgan fingerprint density at radius 3 is 2.71 bits per heavy atom. The molecule has 1 saturated heterocycles. The maximum absolute atomic E-state index is 13.3. The summed E-state index contributed by atoms with van der Waals surface area (Å²) in [6.45, 7) is 0.507. The minimum atomic E-state index is -1.03. The zero-order valence-corrected chi connectivity index (χ0v) is 13.6. The van der Waals surface area contributed by atoms with Crippen molar-refractivity contribution in [1.82, 2.24) is 4.90 Å². The molecule has 2 heterocycles. The van der Waals surface area contributed by atoms with Crippen molar-refractivity contribution in [3.05, 3.63) is 52.2 Å². The Kier molecular flexibility index (Phi) is 4.89. The number of carbonyl (C=O) groups is 2. The van der Waals surface area contributed by atoms with Gasteiger partial charge < -0.3 is 10.2 Å². The Bertz CT molecular complexity index is 749. The molecular formula is C17H16F2N2O2S. The van der Waals surface area contributed by atoms with Crippen molar-refractivity contribution in [2.24, 2.45) is 0 Å². The molecule has 2 amide bonds. The van der Waals surface area contributed by atoms with Crippen molar-refractivity contribution in [2.45, 2.75) is 25.3 Å². The third kappa shape index (κ3) is 3.46. The van der Waals surface area contributed by atoms with E-state index in [9.17, 15) is 18.4 Å². The van der Waals surface area contributed by atoms with Gasteiger partial charge in [0.1, 0.15) is 6.04 Å². The molecule has 0 unspecified atom stereocenters. The molecule has 24 heavy (non-hydrogen) atoms. The second kappa shape index (κ2) is 7.09. The Labute approximate surface area is 142 Å². The van der Waals surface area contributed by atoms with Crippen LogP contribution in [-0.2, 0) is 4.79 Å². The number of piperidine rings is 1. The van der Waals surface area contributed by atoms with Crippen LogP contribution in [0.15, 0.2) is 35.7 Å². The molecule has 7 heteroatoms. The van der Waals surface area contributed by atoms with E-state index in [2.05, 4.69) is 5.32 Å². The second-order valence-corrected chi connectivity index (χ2v) is 6.55. The lowest BCUT2D eigenvalue weighted by atomic mass is 10.0. The van der Waals surface area contributed by atoms with Crippen LogP contribution in [0.4, 0.5) is 14.5 Å². The molecule has 0 aliphatic carbocycles. The third-order valence-corrected chi connectivity index (χ3v) is 4.84. The van der Waals surface area contributed by atoms with E-state index in [1.165, 1.54) is 17.4 Å². The number of thiophene rings is 1. The molecule has 1 aliphatic heterocycles. The van der Waals surface area contributed by atoms with Gasteiger partial charge in [0.15, 0.2) is 11.6 Å². The van der Waals surface area contributed by atoms with Crippen molar-refractivity contribution < 1.29 is 18.4 Å². The van der Waals surface area contributed by atoms with Crippen LogP contribution in [0.2, 0.25) is 0 Å². The lowest BCUT2D eigenvalue weighted by molar-refractivity contribution is -0.121. The quantitative estimate of drug-likeness (QED) is 0.918. The van der Waals surface area contributed by atoms with Gasteiger partial charge in [0.05, 0.1) is 4.88 Å². The number of amides is 2. The average molecular weight is 350 g/mol. The molecule has 1 aromatic carbocycles. The van der Waals surface area contributed by atoms with Crippen LogP contribution < -0.4 is 5.32 Å². The Morgan fingerprint density at radius 2 is 2.00 bits per heavy atom. The van der Waals surface area contributed by atoms with Crippen molar-refractivity contribution in [1.29, 1.82) is 0 Å². The van der Waals surface area contributed by atoms with Crippen LogP contribution in [0, 0.1) is 11.6 Å². The van der Waals surface area contributed by atoms with Crippen LogP contribution >= 0.6 is 11.3 Å². The largest absolute Gasteiger partial charge is 0.326 e. The first-order valence-electron chi connectivity index (χ1n) is 7.66. The van der Waals surface area contributed by atoms with Crippen LogP contribution in [0.1, 0.15) is 28.9 Å². The molecule has 0 bridgehead atoms. The van der Waals surface area contributed by atoms with Gasteiger partial charge in [0.25, 0.3) is 5.91 Å². The topological polar surface area (TPSA) is 49.4 Å². The molecule has 0 radical (unpaired) electrons. The number of carbonyl (C=O) groups excluding carboxylic acids is 2. The van der Waals surface area contributed by atoms with E-state index in [4.69, 9.17) is 0 Å². The van der Waals surface area contributed by atoms with Crippen LogP contribution in [0.25, 0.3) is 0 Å². The Balaban J connectivity index is 1.75. The maximum atomic E-state index is 13.3. The molecule has 126 valence electrons. The average Bonchev–Trinajstić information content (AvgIpc) is 3.12. The van der Waals surface area contributed by atoms with E-state index in [0.717, 1.165) is 25.0 Å². The van der Waals surface area contributed by atoms with Gasteiger partial charge in [-0.25, -0.2) is 8.78 Å². The highest BCUT2D eigenvalue weighted by atomic mass is 32.1. The number of likely N-dealkylation sites (tertiary alicyclic amines) is 1. The van der Waals surface area contributed by atoms with Crippen LogP contribution in [-0.4, -0.2) is 29.3 Å². The summed E-state index contributed by atoms with van der Waals surface area (Å²) in [5.74, 6) is -2.55. The molecule has 1 fully saturated rings. The zero-order chi connectivity index (χ0) is 17.1. The van der Waals surface area contributed by atoms with Gasteiger partial charge in [-0.3, -0.25) is 9.59 Å². The Morgan fingerprint density at radius 1 is 1.17 bits per heavy atom. The Hall–Kier alpha value is -2.28. The predicted molar refractivity (Wildman–Crippen MR) is 88.0 cm³/mol. The highest BCUT2D eigenvalue weighted by Gasteiger charge is 2.33. The summed E-state index contributed by atoms with van der Waals surface area (Å²) in [5, 5.41) is 4.39. The van der Waals surface area contributed by atoms with Crippen molar-refractivity contribution in [3.63, 3.8) is 0 Å². The molecule has 1 atom stereocenters. The third-order valence-electron chi connectivity index (χ3n) is 3.99. The summed E-state index contributed by atoms with van der Waals surface area (Å²) in [5.41, 5.74) is 0.174. The van der Waals surface area contributed by atoms with E-state index < -0.39 is 17.7 Å². The summed E-state index contributed by atoms with van der Waals surface area (Å²) >= 11 is 1.33. The van der Waals surface area contributed by atoms with E-state index in [-0.39, 0.29) is 17.5 Å². The number of hydrogen-bond acceptors (Lipinski definition) is 3. The summed E-state index contributed by atoms with van der Waals surface area (Å²) < 4.78 is 26.2. The van der Waals surface area contributed by atoms with E-state index >= 15 is 0 Å². The van der Waals surface area contributed by atoms with Gasteiger partial charge in [-0.2, -0.15) is 0 Å². The summed E-state index contributed by atoms with van der Waals surface area (Å²) in [4.78, 5) is 27.2. The number of nitrogens with zero attached hydrogens (tertiary/aromatic N) is 1. The highest BCUT2D eigenvalue weighted by Crippen LogP contribution is 2.23. The lowest BCUT2D eigenvalue weighted by Gasteiger charge is -2.34. The van der Waals surface area contributed by atoms with E-state index in [0.29, 0.717) is 17.8 Å². The molecule has 1 aliphatic rings. The van der Waals surface area contributed by atoms with Gasteiger partial charge in [-0.15, -0.1) is 11.3 Å². The predicted octanol–water partition coefficient (Wildman–Crippen LogP) is 3.66. The fraction of sp³-hybridized carbons (Fsp3) is 0.294. The highest BCUT2D eigenvalue weighted by molar-refractivity contribution is 7.12. The molecule has 1 N–H and O–H groups in total. The smallest absolute Gasteiger partial charge is 0.264 e. The van der Waals surface area contributed by atoms with Crippen molar-refractivity contribution >= 4 is 28.8 Å². The number of benzene rings is 1. The zero-order valence-electron chi connectivity index (χ0n) is 12.8. The van der Waals surface area contributed by atoms with E-state index in [1.54, 1.807) is 17.0 Å². The molecular weight excluding hydrogens is 334 g/mol. The monoisotopic (exact) mass is 350 g/mol. The van der Waals surface area contributed by atoms with Crippen LogP contribution in [0.5, 0.6) is 0 Å². The number of hydrogen-bond donors (Lipinski definition) is 1. The molecule has 2 aromatic rings. The van der Waals surface area contributed by atoms with Gasteiger partial charge in [0, 0.05) is 18.3 Å². The summed E-state index contributed by atoms with van der Waals surface area (Å²) in [6.07, 6.45) is 2.22. The first-order chi connectivity index (χ1) is 11.6. The minimum Gasteiger partial charge on any atom is -0.326 e. The van der Waals surface area contributed by atoms with Gasteiger partial charge in [-0.1, -0.05) is 6.07 Å². The normalized spacial score (nSPS) is 17.6. The summed E-state index contributed by atoms with van der Waals surface area (Å²) in [6, 6.07) is 6.10. The fourth-order valence-electron chi connectivity index (χ4n) is 2.79. The lowest BCUT2D eigenvalue weighted by Crippen LogP contribution is -2.49. The number of rotatable bonds is 3. The second-order valence-electron chi connectivity index (χ2n) is 5.61. The SMILES string of the molecule is O=C(Nc1ccc(F)c(F)c1)[C@H]1CCCCN1C(=O)c1cccs1. The maximum Gasteiger partial charge on any atom is 0.264 e. The van der Waals surface area contributed by atoms with Gasteiger partial charge in [-0.05, 0) is 42.8 Å². The van der Waals surface area contributed by atoms with Crippen molar-refractivity contribution in [3.8, 4) is 0 Å². The number of halogens is 2. The molecule has 0 spiro atoms. The van der Waals surface area contributed by atoms with Gasteiger partial charge in [0.2, 0.25) is 5.91 Å². The molecule has 1 aromatic heterocycles. The van der Waals surface area contributed by atoms with E-state index in [1.807, 2.05) is 5.38 Å². The minimum absolute atomic E-state index is 0.171. The number of anilines is 1. The standard InChI is InChI=1S/C17H16F2N2O2S/c18-12-7-6-11(10-13(12)19)20-16(22)14-4-1-2-8-21(14)17(23)15-5-3-9-24-15/h3,5-7,9-10,14H,1-2,4,8H2,(H,20,22)/t14-/m1/s1. The first-order valence-corrected chi connectivity index (χ1v) is 8.54. The first kappa shape index (κ1) is 16.6. The van der Waals surface area contributed by atoms with Gasteiger partial charge >= 0.3 is 0 Å². The van der Waals surface area contributed by atoms with Crippen molar-refractivity contribution in [2.75, 3.05) is 11.9 Å². The summed E-state index contributed by atoms with van der Waals surface area (Å²) in [7, 11) is 0. The number of nitrogens with one attached hydrogen (secondary N) is 1. The molecule has 3 rings (SSSR count). The van der Waals surface area contributed by atoms with Crippen LogP contribution in [0.3, 0.4) is 0 Å². The molecule has 0 saturated carbocycles. The molecule has 4 nitrogen and oxygen atoms in total. The fourth-order valence-corrected chi connectivity index (χ4v) is 3.47.